The van der Waals surface area contributed by atoms with E-state index in [1.54, 1.807) is 22.8 Å². The topological polar surface area (TPSA) is 115 Å². The van der Waals surface area contributed by atoms with Crippen LogP contribution in [-0.4, -0.2) is 55.1 Å². The molecule has 0 radical (unpaired) electrons. The van der Waals surface area contributed by atoms with Crippen LogP contribution in [0.25, 0.3) is 11.3 Å². The molecule has 0 aliphatic carbocycles. The Hall–Kier alpha value is -3.37. The molecule has 202 valence electrons. The summed E-state index contributed by atoms with van der Waals surface area (Å²) in [6, 6.07) is 6.38. The number of hydrogen-bond donors (Lipinski definition) is 3. The molecule has 0 bridgehead atoms. The molecular formula is C27H40N4O5Si. The van der Waals surface area contributed by atoms with Crippen molar-refractivity contribution in [1.82, 2.24) is 9.55 Å². The second-order valence-electron chi connectivity index (χ2n) is 10.2. The van der Waals surface area contributed by atoms with Gasteiger partial charge < -0.3 is 24.5 Å². The van der Waals surface area contributed by atoms with E-state index >= 15 is 0 Å². The van der Waals surface area contributed by atoms with E-state index in [-0.39, 0.29) is 19.1 Å². The number of anilines is 2. The fraction of sp³-hybridized carbons (Fsp3) is 0.444. The quantitative estimate of drug-likeness (QED) is 0.147. The molecule has 0 saturated carbocycles. The first kappa shape index (κ1) is 29.9. The molecule has 2 rings (SSSR count). The zero-order valence-electron chi connectivity index (χ0n) is 22.5. The highest BCUT2D eigenvalue weighted by molar-refractivity contribution is 6.76. The third kappa shape index (κ3) is 9.22. The number of allylic oxidation sites excluding steroid dienone is 1. The Balaban J connectivity index is 2.50. The predicted octanol–water partition coefficient (Wildman–Crippen LogP) is 6.02. The van der Waals surface area contributed by atoms with Gasteiger partial charge in [0.1, 0.15) is 18.5 Å². The second-order valence-corrected chi connectivity index (χ2v) is 15.8. The molecule has 1 heterocycles. The number of aliphatic carboxylic acids is 1. The minimum absolute atomic E-state index is 0.196. The zero-order chi connectivity index (χ0) is 27.6. The molecule has 10 heteroatoms. The number of benzene rings is 1. The lowest BCUT2D eigenvalue weighted by Gasteiger charge is -2.17. The first-order valence-electron chi connectivity index (χ1n) is 12.3. The van der Waals surface area contributed by atoms with Gasteiger partial charge in [-0.1, -0.05) is 38.7 Å². The number of imidazole rings is 1. The number of carbonyl (C=O) groups excluding carboxylic acids is 1. The van der Waals surface area contributed by atoms with Gasteiger partial charge in [-0.2, -0.15) is 0 Å². The van der Waals surface area contributed by atoms with Crippen LogP contribution in [0.15, 0.2) is 49.7 Å². The molecule has 37 heavy (non-hydrogen) atoms. The molecule has 2 aromatic rings. The number of ether oxygens (including phenoxy) is 2. The number of nitrogens with zero attached hydrogens (tertiary/aromatic N) is 2. The fourth-order valence-electron chi connectivity index (χ4n) is 3.48. The molecule has 9 nitrogen and oxygen atoms in total. The molecule has 1 aromatic heterocycles. The number of methoxy groups -OCH3 is 1. The van der Waals surface area contributed by atoms with Gasteiger partial charge in [0.15, 0.2) is 0 Å². The normalized spacial score (nSPS) is 12.9. The van der Waals surface area contributed by atoms with Crippen LogP contribution in [0.3, 0.4) is 0 Å². The van der Waals surface area contributed by atoms with E-state index < -0.39 is 26.1 Å². The minimum atomic E-state index is -1.27. The monoisotopic (exact) mass is 528 g/mol. The molecule has 2 atom stereocenters. The number of rotatable bonds is 15. The molecule has 0 aliphatic rings. The summed E-state index contributed by atoms with van der Waals surface area (Å²) >= 11 is 0. The van der Waals surface area contributed by atoms with E-state index in [1.807, 2.05) is 25.3 Å². The van der Waals surface area contributed by atoms with Crippen LogP contribution in [0, 0.1) is 5.92 Å². The van der Waals surface area contributed by atoms with Gasteiger partial charge in [-0.3, -0.25) is 10.1 Å². The molecule has 0 saturated heterocycles. The van der Waals surface area contributed by atoms with Crippen molar-refractivity contribution in [2.45, 2.75) is 51.7 Å². The number of nitrogens with one attached hydrogen (secondary N) is 2. The SMILES string of the molecule is C=CCC(C(=O)O)c1nc(-c2ccc(NC(=O)OC)cc2NC[C@H](C)C=C)cn1COCC[Si](C)(C)C. The van der Waals surface area contributed by atoms with Crippen molar-refractivity contribution in [3.05, 3.63) is 55.5 Å². The standard InChI is InChI=1S/C27H40N4O5Si/c1-8-10-22(26(32)33)25-30-24(17-31(25)18-36-13-14-37(5,6)7)21-12-11-20(29-27(34)35-4)15-23(21)28-16-19(3)9-2/h8-9,11-12,15,17,19,22,28H,1-2,10,13-14,16,18H2,3-7H3,(H,29,34)(H,32,33)/t19-,22?/m1/s1. The lowest BCUT2D eigenvalue weighted by Crippen LogP contribution is -2.22. The van der Waals surface area contributed by atoms with E-state index in [0.717, 1.165) is 17.3 Å². The van der Waals surface area contributed by atoms with Crippen molar-refractivity contribution >= 4 is 31.5 Å². The van der Waals surface area contributed by atoms with Gasteiger partial charge >= 0.3 is 12.1 Å². The average molecular weight is 529 g/mol. The fourth-order valence-corrected chi connectivity index (χ4v) is 4.24. The molecule has 1 unspecified atom stereocenters. The minimum Gasteiger partial charge on any atom is -0.481 e. The second kappa shape index (κ2) is 13.8. The molecule has 1 aromatic carbocycles. The lowest BCUT2D eigenvalue weighted by atomic mass is 10.1. The Kier molecular flexibility index (Phi) is 11.1. The van der Waals surface area contributed by atoms with Crippen LogP contribution < -0.4 is 10.6 Å². The van der Waals surface area contributed by atoms with Gasteiger partial charge in [-0.05, 0) is 36.6 Å². The van der Waals surface area contributed by atoms with Gasteiger partial charge in [-0.15, -0.1) is 13.2 Å². The van der Waals surface area contributed by atoms with Gasteiger partial charge in [0.2, 0.25) is 0 Å². The predicted molar refractivity (Wildman–Crippen MR) is 151 cm³/mol. The van der Waals surface area contributed by atoms with Crippen molar-refractivity contribution in [2.75, 3.05) is 30.9 Å². The van der Waals surface area contributed by atoms with E-state index in [0.29, 0.717) is 30.4 Å². The summed E-state index contributed by atoms with van der Waals surface area (Å²) in [5.74, 6) is -1.24. The Morgan fingerprint density at radius 1 is 1.27 bits per heavy atom. The van der Waals surface area contributed by atoms with Gasteiger partial charge in [0, 0.05) is 44.4 Å². The maximum atomic E-state index is 12.1. The third-order valence-electron chi connectivity index (χ3n) is 5.79. The number of carboxylic acids is 1. The first-order valence-corrected chi connectivity index (χ1v) is 16.0. The van der Waals surface area contributed by atoms with Gasteiger partial charge in [-0.25, -0.2) is 9.78 Å². The molecule has 0 spiro atoms. The van der Waals surface area contributed by atoms with Crippen molar-refractivity contribution in [3.8, 4) is 11.3 Å². The summed E-state index contributed by atoms with van der Waals surface area (Å²) in [6.07, 6.45) is 4.91. The van der Waals surface area contributed by atoms with E-state index in [4.69, 9.17) is 14.5 Å². The molecule has 3 N–H and O–H groups in total. The highest BCUT2D eigenvalue weighted by Crippen LogP contribution is 2.33. The maximum absolute atomic E-state index is 12.1. The number of carbonyl (C=O) groups is 2. The number of amides is 1. The van der Waals surface area contributed by atoms with Crippen LogP contribution in [0.5, 0.6) is 0 Å². The maximum Gasteiger partial charge on any atom is 0.411 e. The van der Waals surface area contributed by atoms with E-state index in [2.05, 4.69) is 43.4 Å². The number of hydrogen-bond acceptors (Lipinski definition) is 6. The van der Waals surface area contributed by atoms with E-state index in [1.165, 1.54) is 7.11 Å². The largest absolute Gasteiger partial charge is 0.481 e. The first-order chi connectivity index (χ1) is 17.5. The Labute approximate surface area is 220 Å². The van der Waals surface area contributed by atoms with Crippen LogP contribution in [0.2, 0.25) is 25.7 Å². The zero-order valence-corrected chi connectivity index (χ0v) is 23.5. The van der Waals surface area contributed by atoms with Crippen molar-refractivity contribution < 1.29 is 24.2 Å². The van der Waals surface area contributed by atoms with Gasteiger partial charge in [0.25, 0.3) is 0 Å². The van der Waals surface area contributed by atoms with Crippen LogP contribution in [-0.2, 0) is 21.0 Å². The summed E-state index contributed by atoms with van der Waals surface area (Å²) in [4.78, 5) is 28.6. The van der Waals surface area contributed by atoms with Crippen LogP contribution in [0.1, 0.15) is 25.1 Å². The average Bonchev–Trinajstić information content (AvgIpc) is 3.26. The molecular weight excluding hydrogens is 488 g/mol. The lowest BCUT2D eigenvalue weighted by molar-refractivity contribution is -0.139. The summed E-state index contributed by atoms with van der Waals surface area (Å²) in [6.45, 7) is 17.8. The van der Waals surface area contributed by atoms with Crippen molar-refractivity contribution in [3.63, 3.8) is 0 Å². The van der Waals surface area contributed by atoms with Crippen LogP contribution in [0.4, 0.5) is 16.2 Å². The Morgan fingerprint density at radius 3 is 2.59 bits per heavy atom. The van der Waals surface area contributed by atoms with Gasteiger partial charge in [0.05, 0.1) is 12.8 Å². The third-order valence-corrected chi connectivity index (χ3v) is 7.49. The highest BCUT2D eigenvalue weighted by atomic mass is 28.3. The van der Waals surface area contributed by atoms with E-state index in [9.17, 15) is 14.7 Å². The summed E-state index contributed by atoms with van der Waals surface area (Å²) in [5, 5.41) is 16.0. The van der Waals surface area contributed by atoms with Crippen molar-refractivity contribution in [2.24, 2.45) is 5.92 Å². The number of aromatic nitrogens is 2. The summed E-state index contributed by atoms with van der Waals surface area (Å²) in [7, 11) is 0.0327. The molecule has 1 amide bonds. The summed E-state index contributed by atoms with van der Waals surface area (Å²) in [5.41, 5.74) is 2.64. The molecule has 0 aliphatic heterocycles. The Morgan fingerprint density at radius 2 is 2.00 bits per heavy atom. The Bertz CT molecular complexity index is 1090. The highest BCUT2D eigenvalue weighted by Gasteiger charge is 2.26. The van der Waals surface area contributed by atoms with Crippen molar-refractivity contribution in [1.29, 1.82) is 0 Å². The van der Waals surface area contributed by atoms with Crippen LogP contribution >= 0.6 is 0 Å². The summed E-state index contributed by atoms with van der Waals surface area (Å²) < 4.78 is 12.4. The molecule has 0 fully saturated rings. The number of carboxylic acid groups (broad SMARTS) is 1. The smallest absolute Gasteiger partial charge is 0.411 e.